The van der Waals surface area contributed by atoms with Crippen LogP contribution in [0.1, 0.15) is 58.1 Å². The van der Waals surface area contributed by atoms with Crippen LogP contribution in [0.25, 0.3) is 0 Å². The van der Waals surface area contributed by atoms with Crippen LogP contribution in [-0.4, -0.2) is 33.4 Å². The van der Waals surface area contributed by atoms with Crippen molar-refractivity contribution in [1.82, 2.24) is 14.7 Å². The van der Waals surface area contributed by atoms with Crippen LogP contribution < -0.4 is 0 Å². The number of rotatable bonds is 3. The van der Waals surface area contributed by atoms with Crippen molar-refractivity contribution in [2.75, 3.05) is 7.05 Å². The minimum Gasteiger partial charge on any atom is -0.455 e. The summed E-state index contributed by atoms with van der Waals surface area (Å²) in [5.41, 5.74) is 2.08. The minimum atomic E-state index is -0.212. The molecular formula is C18H23N3O3. The third-order valence-corrected chi connectivity index (χ3v) is 4.50. The van der Waals surface area contributed by atoms with Crippen LogP contribution in [0.15, 0.2) is 16.8 Å². The predicted octanol–water partition coefficient (Wildman–Crippen LogP) is 2.75. The van der Waals surface area contributed by atoms with E-state index in [9.17, 15) is 9.59 Å². The van der Waals surface area contributed by atoms with Crippen molar-refractivity contribution in [1.29, 1.82) is 0 Å². The number of fused-ring (bicyclic) bond motifs is 1. The summed E-state index contributed by atoms with van der Waals surface area (Å²) < 4.78 is 7.54. The van der Waals surface area contributed by atoms with Crippen molar-refractivity contribution >= 4 is 11.7 Å². The Kier molecular flexibility index (Phi) is 3.86. The van der Waals surface area contributed by atoms with E-state index in [-0.39, 0.29) is 22.9 Å². The highest BCUT2D eigenvalue weighted by Crippen LogP contribution is 2.38. The highest BCUT2D eigenvalue weighted by molar-refractivity contribution is 6.03. The Labute approximate surface area is 141 Å². The van der Waals surface area contributed by atoms with Crippen molar-refractivity contribution in [3.05, 3.63) is 40.6 Å². The van der Waals surface area contributed by atoms with E-state index in [0.29, 0.717) is 36.3 Å². The molecule has 0 radical (unpaired) electrons. The number of aromatic nitrogens is 2. The first-order chi connectivity index (χ1) is 11.2. The first-order valence-electron chi connectivity index (χ1n) is 8.06. The number of amides is 1. The normalized spacial score (nSPS) is 16.1. The Morgan fingerprint density at radius 1 is 1.42 bits per heavy atom. The minimum absolute atomic E-state index is 0.0662. The fourth-order valence-corrected chi connectivity index (χ4v) is 3.36. The zero-order valence-corrected chi connectivity index (χ0v) is 14.8. The van der Waals surface area contributed by atoms with E-state index in [4.69, 9.17) is 4.42 Å². The van der Waals surface area contributed by atoms with E-state index in [0.717, 1.165) is 5.56 Å². The molecule has 0 bridgehead atoms. The summed E-state index contributed by atoms with van der Waals surface area (Å²) in [4.78, 5) is 26.8. The number of aryl methyl sites for hydroxylation is 1. The van der Waals surface area contributed by atoms with Crippen molar-refractivity contribution < 1.29 is 14.0 Å². The lowest BCUT2D eigenvalue weighted by Crippen LogP contribution is -2.26. The van der Waals surface area contributed by atoms with Crippen LogP contribution in [-0.2, 0) is 20.0 Å². The average Bonchev–Trinajstić information content (AvgIpc) is 3.00. The molecular weight excluding hydrogens is 306 g/mol. The zero-order chi connectivity index (χ0) is 17.6. The maximum atomic E-state index is 12.8. The predicted molar refractivity (Wildman–Crippen MR) is 88.9 cm³/mol. The molecule has 1 aliphatic carbocycles. The van der Waals surface area contributed by atoms with Gasteiger partial charge in [-0.05, 0) is 12.3 Å². The zero-order valence-electron chi connectivity index (χ0n) is 14.8. The van der Waals surface area contributed by atoms with Gasteiger partial charge < -0.3 is 9.32 Å². The Balaban J connectivity index is 1.87. The van der Waals surface area contributed by atoms with Crippen LogP contribution in [0.4, 0.5) is 0 Å². The van der Waals surface area contributed by atoms with Crippen molar-refractivity contribution in [3.63, 3.8) is 0 Å². The second kappa shape index (κ2) is 5.61. The fourth-order valence-electron chi connectivity index (χ4n) is 3.36. The van der Waals surface area contributed by atoms with Crippen LogP contribution >= 0.6 is 0 Å². The lowest BCUT2D eigenvalue weighted by Gasteiger charge is -2.27. The Morgan fingerprint density at radius 3 is 2.75 bits per heavy atom. The summed E-state index contributed by atoms with van der Waals surface area (Å²) in [5.74, 6) is 0.775. The molecule has 0 saturated heterocycles. The van der Waals surface area contributed by atoms with Gasteiger partial charge in [0.1, 0.15) is 5.76 Å². The summed E-state index contributed by atoms with van der Waals surface area (Å²) in [6, 6.07) is 0. The van der Waals surface area contributed by atoms with E-state index in [1.54, 1.807) is 29.7 Å². The van der Waals surface area contributed by atoms with Gasteiger partial charge in [-0.25, -0.2) is 0 Å². The Morgan fingerprint density at radius 2 is 2.12 bits per heavy atom. The van der Waals surface area contributed by atoms with E-state index in [2.05, 4.69) is 5.10 Å². The molecule has 0 fully saturated rings. The summed E-state index contributed by atoms with van der Waals surface area (Å²) in [6.07, 6.45) is 4.76. The molecule has 2 aromatic rings. The number of hydrogen-bond acceptors (Lipinski definition) is 4. The molecule has 24 heavy (non-hydrogen) atoms. The van der Waals surface area contributed by atoms with Gasteiger partial charge in [0.2, 0.25) is 0 Å². The molecule has 3 rings (SSSR count). The lowest BCUT2D eigenvalue weighted by molar-refractivity contribution is 0.0746. The number of ketones is 1. The number of hydrogen-bond donors (Lipinski definition) is 0. The number of furan rings is 1. The highest BCUT2D eigenvalue weighted by Gasteiger charge is 2.37. The van der Waals surface area contributed by atoms with Crippen LogP contribution in [0, 0.1) is 12.3 Å². The monoisotopic (exact) mass is 329 g/mol. The molecule has 2 aromatic heterocycles. The first kappa shape index (κ1) is 16.5. The third kappa shape index (κ3) is 2.88. The topological polar surface area (TPSA) is 68.3 Å². The molecule has 0 atom stereocenters. The van der Waals surface area contributed by atoms with Crippen molar-refractivity contribution in [3.8, 4) is 0 Å². The fraction of sp³-hybridized carbons (Fsp3) is 0.500. The summed E-state index contributed by atoms with van der Waals surface area (Å²) in [5, 5.41) is 4.11. The van der Waals surface area contributed by atoms with Crippen molar-refractivity contribution in [2.24, 2.45) is 12.5 Å². The van der Waals surface area contributed by atoms with Crippen LogP contribution in [0.5, 0.6) is 0 Å². The van der Waals surface area contributed by atoms with Gasteiger partial charge in [0.25, 0.3) is 5.91 Å². The molecule has 128 valence electrons. The SMILES string of the molecule is Cc1c(C(=O)N(C)Cc2cnn(C)c2)oc2c1C(=O)CC(C)(C)C2. The van der Waals surface area contributed by atoms with Gasteiger partial charge in [-0.15, -0.1) is 0 Å². The molecule has 0 aliphatic heterocycles. The summed E-state index contributed by atoms with van der Waals surface area (Å²) in [6.45, 7) is 6.32. The Bertz CT molecular complexity index is 814. The molecule has 0 N–H and O–H groups in total. The summed E-state index contributed by atoms with van der Waals surface area (Å²) in [7, 11) is 3.56. The molecule has 0 spiro atoms. The van der Waals surface area contributed by atoms with Gasteiger partial charge >= 0.3 is 0 Å². The maximum absolute atomic E-state index is 12.8. The lowest BCUT2D eigenvalue weighted by atomic mass is 9.76. The second-order valence-corrected chi connectivity index (χ2v) is 7.48. The largest absolute Gasteiger partial charge is 0.455 e. The van der Waals surface area contributed by atoms with E-state index in [1.165, 1.54) is 0 Å². The number of carbonyl (C=O) groups is 2. The first-order valence-corrected chi connectivity index (χ1v) is 8.06. The van der Waals surface area contributed by atoms with Crippen molar-refractivity contribution in [2.45, 2.75) is 40.2 Å². The van der Waals surface area contributed by atoms with Crippen LogP contribution in [0.2, 0.25) is 0 Å². The molecule has 0 unspecified atom stereocenters. The summed E-state index contributed by atoms with van der Waals surface area (Å²) >= 11 is 0. The van der Waals surface area contributed by atoms with E-state index < -0.39 is 0 Å². The van der Waals surface area contributed by atoms with E-state index >= 15 is 0 Å². The smallest absolute Gasteiger partial charge is 0.289 e. The van der Waals surface area contributed by atoms with Gasteiger partial charge in [0, 0.05) is 50.8 Å². The number of carbonyl (C=O) groups excluding carboxylic acids is 2. The van der Waals surface area contributed by atoms with Crippen LogP contribution in [0.3, 0.4) is 0 Å². The van der Waals surface area contributed by atoms with Gasteiger partial charge in [-0.3, -0.25) is 14.3 Å². The molecule has 0 saturated carbocycles. The molecule has 6 heteroatoms. The Hall–Kier alpha value is -2.37. The maximum Gasteiger partial charge on any atom is 0.289 e. The standard InChI is InChI=1S/C18H23N3O3/c1-11-15-13(22)6-18(2,3)7-14(15)24-16(11)17(23)20(4)9-12-8-19-21(5)10-12/h8,10H,6-7,9H2,1-5H3. The number of Topliss-reactive ketones (excluding diaryl/α,β-unsaturated/α-hetero) is 1. The quantitative estimate of drug-likeness (QED) is 0.868. The van der Waals surface area contributed by atoms with E-state index in [1.807, 2.05) is 27.1 Å². The average molecular weight is 329 g/mol. The van der Waals surface area contributed by atoms with Gasteiger partial charge in [0.05, 0.1) is 11.8 Å². The molecule has 0 aromatic carbocycles. The van der Waals surface area contributed by atoms with Gasteiger partial charge in [-0.2, -0.15) is 5.10 Å². The molecule has 1 amide bonds. The third-order valence-electron chi connectivity index (χ3n) is 4.50. The molecule has 6 nitrogen and oxygen atoms in total. The highest BCUT2D eigenvalue weighted by atomic mass is 16.4. The van der Waals surface area contributed by atoms with Gasteiger partial charge in [0.15, 0.2) is 11.5 Å². The number of nitrogens with zero attached hydrogens (tertiary/aromatic N) is 3. The molecule has 2 heterocycles. The molecule has 1 aliphatic rings. The second-order valence-electron chi connectivity index (χ2n) is 7.48. The van der Waals surface area contributed by atoms with Gasteiger partial charge in [-0.1, -0.05) is 13.8 Å².